The van der Waals surface area contributed by atoms with Crippen molar-refractivity contribution in [3.8, 4) is 0 Å². The monoisotopic (exact) mass is 384 g/mol. The molecule has 2 N–H and O–H groups in total. The van der Waals surface area contributed by atoms with Gasteiger partial charge in [-0.15, -0.1) is 0 Å². The van der Waals surface area contributed by atoms with Gasteiger partial charge in [-0.05, 0) is 24.1 Å². The summed E-state index contributed by atoms with van der Waals surface area (Å²) in [6, 6.07) is 3.73. The maximum atomic E-state index is 12.3. The fraction of sp³-hybridized carbons (Fsp3) is 0.333. The Morgan fingerprint density at radius 2 is 1.88 bits per heavy atom. The lowest BCUT2D eigenvalue weighted by molar-refractivity contribution is -0.384. The van der Waals surface area contributed by atoms with Gasteiger partial charge in [0.2, 0.25) is 0 Å². The van der Waals surface area contributed by atoms with Crippen LogP contribution in [0, 0.1) is 10.1 Å². The van der Waals surface area contributed by atoms with Gasteiger partial charge >= 0.3 is 5.97 Å². The topological polar surface area (TPSA) is 155 Å². The molecule has 1 heterocycles. The zero-order valence-electron chi connectivity index (χ0n) is 13.7. The molecular formula is C15H16N2O8S. The Hall–Kier alpha value is -2.95. The second-order valence-electron chi connectivity index (χ2n) is 5.73. The predicted octanol–water partition coefficient (Wildman–Crippen LogP) is 1.16. The van der Waals surface area contributed by atoms with Crippen LogP contribution in [0.5, 0.6) is 0 Å². The van der Waals surface area contributed by atoms with E-state index in [2.05, 4.69) is 0 Å². The van der Waals surface area contributed by atoms with E-state index >= 15 is 0 Å². The average Bonchev–Trinajstić information content (AvgIpc) is 2.79. The zero-order valence-corrected chi connectivity index (χ0v) is 14.5. The number of carboxylic acid groups (broad SMARTS) is 1. The second-order valence-corrected chi connectivity index (χ2v) is 7.72. The van der Waals surface area contributed by atoms with Crippen molar-refractivity contribution in [2.75, 3.05) is 12.8 Å². The number of aliphatic carboxylic acids is 1. The van der Waals surface area contributed by atoms with Gasteiger partial charge in [0.05, 0.1) is 11.0 Å². The molecule has 1 amide bonds. The fourth-order valence-corrected chi connectivity index (χ4v) is 3.86. The van der Waals surface area contributed by atoms with Gasteiger partial charge in [0.15, 0.2) is 15.6 Å². The van der Waals surface area contributed by atoms with E-state index in [0.29, 0.717) is 0 Å². The highest BCUT2D eigenvalue weighted by Crippen LogP contribution is 2.40. The number of aliphatic hydroxyl groups excluding tert-OH is 1. The van der Waals surface area contributed by atoms with E-state index in [0.717, 1.165) is 23.3 Å². The molecule has 11 heteroatoms. The molecule has 0 saturated heterocycles. The van der Waals surface area contributed by atoms with Crippen LogP contribution in [0.1, 0.15) is 24.4 Å². The number of rotatable bonds is 7. The van der Waals surface area contributed by atoms with Crippen LogP contribution in [0.2, 0.25) is 0 Å². The van der Waals surface area contributed by atoms with Crippen LogP contribution >= 0.6 is 0 Å². The molecule has 1 aliphatic heterocycles. The van der Waals surface area contributed by atoms with Gasteiger partial charge in [-0.2, -0.15) is 0 Å². The first-order chi connectivity index (χ1) is 12.0. The number of nitrogens with zero attached hydrogens (tertiary/aromatic N) is 2. The average molecular weight is 384 g/mol. The number of aliphatic hydroxyl groups is 1. The third-order valence-corrected chi connectivity index (χ3v) is 5.08. The number of benzene rings is 1. The first-order valence-electron chi connectivity index (χ1n) is 7.44. The lowest BCUT2D eigenvalue weighted by atomic mass is 10.1. The minimum absolute atomic E-state index is 0.0505. The van der Waals surface area contributed by atoms with Crippen molar-refractivity contribution in [1.82, 2.24) is 4.90 Å². The molecule has 0 radical (unpaired) electrons. The number of carboxylic acids is 1. The van der Waals surface area contributed by atoms with Gasteiger partial charge in [-0.1, -0.05) is 0 Å². The molecule has 0 spiro atoms. The fourth-order valence-electron chi connectivity index (χ4n) is 2.75. The minimum Gasteiger partial charge on any atom is -0.502 e. The molecule has 0 fully saturated rings. The van der Waals surface area contributed by atoms with Crippen molar-refractivity contribution in [2.24, 2.45) is 0 Å². The number of nitro benzene ring substituents is 1. The molecule has 0 aromatic heterocycles. The summed E-state index contributed by atoms with van der Waals surface area (Å²) in [6.45, 7) is -0.101. The maximum absolute atomic E-state index is 12.3. The molecule has 0 aliphatic carbocycles. The molecule has 140 valence electrons. The van der Waals surface area contributed by atoms with Crippen LogP contribution in [0.3, 0.4) is 0 Å². The van der Waals surface area contributed by atoms with Crippen LogP contribution in [0.15, 0.2) is 34.9 Å². The highest BCUT2D eigenvalue weighted by atomic mass is 32.2. The largest absolute Gasteiger partial charge is 0.502 e. The molecule has 26 heavy (non-hydrogen) atoms. The van der Waals surface area contributed by atoms with Crippen LogP contribution in [-0.2, 0) is 19.4 Å². The van der Waals surface area contributed by atoms with Crippen molar-refractivity contribution >= 4 is 27.4 Å². The van der Waals surface area contributed by atoms with E-state index in [1.807, 2.05) is 0 Å². The third kappa shape index (κ3) is 3.82. The Morgan fingerprint density at radius 1 is 1.31 bits per heavy atom. The lowest BCUT2D eigenvalue weighted by Crippen LogP contribution is -2.32. The normalized spacial score (nSPS) is 17.7. The predicted molar refractivity (Wildman–Crippen MR) is 88.9 cm³/mol. The Bertz CT molecular complexity index is 889. The summed E-state index contributed by atoms with van der Waals surface area (Å²) in [5.41, 5.74) is 0.0355. The van der Waals surface area contributed by atoms with Gasteiger partial charge in [-0.25, -0.2) is 8.42 Å². The molecule has 2 rings (SSSR count). The number of carbonyl (C=O) groups is 2. The van der Waals surface area contributed by atoms with Crippen LogP contribution in [-0.4, -0.2) is 53.1 Å². The molecular weight excluding hydrogens is 368 g/mol. The van der Waals surface area contributed by atoms with Gasteiger partial charge in [-0.3, -0.25) is 19.7 Å². The van der Waals surface area contributed by atoms with Crippen LogP contribution in [0.25, 0.3) is 0 Å². The van der Waals surface area contributed by atoms with E-state index in [-0.39, 0.29) is 30.6 Å². The molecule has 1 aliphatic rings. The van der Waals surface area contributed by atoms with E-state index in [1.165, 1.54) is 12.1 Å². The summed E-state index contributed by atoms with van der Waals surface area (Å²) in [5, 5.41) is 29.5. The second kappa shape index (κ2) is 7.12. The zero-order chi connectivity index (χ0) is 19.6. The highest BCUT2D eigenvalue weighted by molar-refractivity contribution is 7.94. The Kier molecular flexibility index (Phi) is 5.30. The Morgan fingerprint density at radius 3 is 2.35 bits per heavy atom. The first-order valence-corrected chi connectivity index (χ1v) is 9.33. The van der Waals surface area contributed by atoms with Gasteiger partial charge < -0.3 is 15.1 Å². The minimum atomic E-state index is -3.97. The van der Waals surface area contributed by atoms with Crippen molar-refractivity contribution in [3.63, 3.8) is 0 Å². The van der Waals surface area contributed by atoms with Gasteiger partial charge in [0, 0.05) is 31.4 Å². The molecule has 1 aromatic rings. The summed E-state index contributed by atoms with van der Waals surface area (Å²) < 4.78 is 24.2. The number of hydrogen-bond donors (Lipinski definition) is 2. The van der Waals surface area contributed by atoms with Crippen molar-refractivity contribution in [1.29, 1.82) is 0 Å². The first kappa shape index (κ1) is 19.4. The lowest BCUT2D eigenvalue weighted by Gasteiger charge is -2.26. The van der Waals surface area contributed by atoms with E-state index in [1.54, 1.807) is 0 Å². The number of non-ortho nitro benzene ring substituents is 1. The summed E-state index contributed by atoms with van der Waals surface area (Å²) in [7, 11) is -3.97. The number of carbonyl (C=O) groups excluding carboxylic acids is 1. The van der Waals surface area contributed by atoms with Crippen LogP contribution in [0.4, 0.5) is 5.69 Å². The SMILES string of the molecule is CS(=O)(=O)C1=C(O)C(=O)N(CCCC(=O)O)[C@@H]1c1ccc([N+](=O)[O-])cc1. The maximum Gasteiger partial charge on any atom is 0.303 e. The van der Waals surface area contributed by atoms with E-state index in [9.17, 15) is 33.2 Å². The van der Waals surface area contributed by atoms with Gasteiger partial charge in [0.1, 0.15) is 4.91 Å². The molecule has 0 bridgehead atoms. The van der Waals surface area contributed by atoms with E-state index in [4.69, 9.17) is 5.11 Å². The smallest absolute Gasteiger partial charge is 0.303 e. The molecule has 1 aromatic carbocycles. The number of nitro groups is 1. The number of sulfone groups is 1. The van der Waals surface area contributed by atoms with Crippen LogP contribution < -0.4 is 0 Å². The van der Waals surface area contributed by atoms with Gasteiger partial charge in [0.25, 0.3) is 11.6 Å². The standard InChI is InChI=1S/C15H16N2O8S/c1-26(24,25)14-12(9-4-6-10(7-5-9)17(22)23)16(15(21)13(14)20)8-2-3-11(18)19/h4-7,12,20H,2-3,8H2,1H3,(H,18,19)/t12-/m1/s1. The summed E-state index contributed by atoms with van der Waals surface area (Å²) in [5.74, 6) is -2.94. The number of hydrogen-bond acceptors (Lipinski definition) is 7. The van der Waals surface area contributed by atoms with Crippen molar-refractivity contribution in [3.05, 3.63) is 50.6 Å². The summed E-state index contributed by atoms with van der Waals surface area (Å²) in [6.07, 6.45) is 0.644. The highest BCUT2D eigenvalue weighted by Gasteiger charge is 2.44. The molecule has 1 atom stereocenters. The summed E-state index contributed by atoms with van der Waals surface area (Å²) in [4.78, 5) is 33.7. The van der Waals surface area contributed by atoms with E-state index < -0.39 is 43.3 Å². The third-order valence-electron chi connectivity index (χ3n) is 3.87. The Labute approximate surface area is 148 Å². The Balaban J connectivity index is 2.47. The quantitative estimate of drug-likeness (QED) is 0.524. The molecule has 0 unspecified atom stereocenters. The summed E-state index contributed by atoms with van der Waals surface area (Å²) >= 11 is 0. The molecule has 10 nitrogen and oxygen atoms in total. The van der Waals surface area contributed by atoms with Crippen molar-refractivity contribution in [2.45, 2.75) is 18.9 Å². The molecule has 0 saturated carbocycles. The number of amides is 1. The van der Waals surface area contributed by atoms with Crippen molar-refractivity contribution < 1.29 is 33.1 Å².